The van der Waals surface area contributed by atoms with E-state index in [-0.39, 0.29) is 11.7 Å². The summed E-state index contributed by atoms with van der Waals surface area (Å²) in [7, 11) is 1.67. The van der Waals surface area contributed by atoms with Gasteiger partial charge in [0.25, 0.3) is 5.56 Å². The highest BCUT2D eigenvalue weighted by atomic mass is 16.5. The lowest BCUT2D eigenvalue weighted by Gasteiger charge is -2.08. The second-order valence-corrected chi connectivity index (χ2v) is 5.49. The molecule has 0 aliphatic carbocycles. The van der Waals surface area contributed by atoms with Crippen molar-refractivity contribution in [2.45, 2.75) is 45.6 Å². The molecule has 0 amide bonds. The molecular formula is C19H23NO2. The standard InChI is InChI=1S/C19H23NO2/c1-4-5-6-9-15(22-3)12-13-17-14(2)16-10-7-8-11-18(16)20-19(17)21/h7-8,10-11,15H,4-6,9H2,1-3H3,(H,20,21). The fourth-order valence-corrected chi connectivity index (χ4v) is 2.54. The quantitative estimate of drug-likeness (QED) is 0.674. The van der Waals surface area contributed by atoms with Crippen molar-refractivity contribution >= 4 is 10.9 Å². The van der Waals surface area contributed by atoms with Gasteiger partial charge in [-0.3, -0.25) is 4.79 Å². The Morgan fingerprint density at radius 1 is 1.27 bits per heavy atom. The zero-order valence-electron chi connectivity index (χ0n) is 13.5. The second kappa shape index (κ2) is 7.82. The van der Waals surface area contributed by atoms with Crippen LogP contribution >= 0.6 is 0 Å². The average molecular weight is 297 g/mol. The SMILES string of the molecule is CCCCCC(C#Cc1c(C)c2ccccc2[nH]c1=O)OC. The minimum Gasteiger partial charge on any atom is -0.369 e. The van der Waals surface area contributed by atoms with E-state index >= 15 is 0 Å². The lowest BCUT2D eigenvalue weighted by atomic mass is 10.0. The van der Waals surface area contributed by atoms with Gasteiger partial charge < -0.3 is 9.72 Å². The minimum absolute atomic E-state index is 0.114. The number of rotatable bonds is 5. The third-order valence-corrected chi connectivity index (χ3v) is 3.89. The van der Waals surface area contributed by atoms with Gasteiger partial charge in [0, 0.05) is 18.0 Å². The maximum absolute atomic E-state index is 12.2. The molecule has 0 radical (unpaired) electrons. The molecule has 0 fully saturated rings. The highest BCUT2D eigenvalue weighted by molar-refractivity contribution is 5.83. The van der Waals surface area contributed by atoms with E-state index in [2.05, 4.69) is 23.7 Å². The van der Waals surface area contributed by atoms with Crippen molar-refractivity contribution in [3.05, 3.63) is 45.7 Å². The zero-order valence-corrected chi connectivity index (χ0v) is 13.5. The summed E-state index contributed by atoms with van der Waals surface area (Å²) in [5, 5.41) is 1.03. The molecule has 0 saturated heterocycles. The Morgan fingerprint density at radius 3 is 2.77 bits per heavy atom. The van der Waals surface area contributed by atoms with E-state index in [1.165, 1.54) is 12.8 Å². The Bertz CT molecular complexity index is 749. The predicted molar refractivity (Wildman–Crippen MR) is 91.1 cm³/mol. The van der Waals surface area contributed by atoms with Crippen molar-refractivity contribution in [3.63, 3.8) is 0 Å². The van der Waals surface area contributed by atoms with Crippen molar-refractivity contribution in [2.24, 2.45) is 0 Å². The van der Waals surface area contributed by atoms with Gasteiger partial charge in [-0.2, -0.15) is 0 Å². The first-order valence-electron chi connectivity index (χ1n) is 7.83. The maximum atomic E-state index is 12.2. The number of aromatic amines is 1. The van der Waals surface area contributed by atoms with Gasteiger partial charge in [0.05, 0.1) is 5.56 Å². The normalized spacial score (nSPS) is 12.0. The fourth-order valence-electron chi connectivity index (χ4n) is 2.54. The summed E-state index contributed by atoms with van der Waals surface area (Å²) in [4.78, 5) is 15.1. The third-order valence-electron chi connectivity index (χ3n) is 3.89. The monoisotopic (exact) mass is 297 g/mol. The van der Waals surface area contributed by atoms with E-state index in [0.29, 0.717) is 5.56 Å². The molecule has 0 bridgehead atoms. The zero-order chi connectivity index (χ0) is 15.9. The number of para-hydroxylation sites is 1. The van der Waals surface area contributed by atoms with Crippen molar-refractivity contribution in [1.82, 2.24) is 4.98 Å². The van der Waals surface area contributed by atoms with Gasteiger partial charge in [-0.05, 0) is 31.4 Å². The fraction of sp³-hybridized carbons (Fsp3) is 0.421. The lowest BCUT2D eigenvalue weighted by molar-refractivity contribution is 0.138. The molecule has 2 rings (SSSR count). The third kappa shape index (κ3) is 3.78. The molecule has 0 aliphatic rings. The molecule has 0 saturated carbocycles. The van der Waals surface area contributed by atoms with Gasteiger partial charge >= 0.3 is 0 Å². The molecular weight excluding hydrogens is 274 g/mol. The van der Waals surface area contributed by atoms with Crippen molar-refractivity contribution in [1.29, 1.82) is 0 Å². The number of hydrogen-bond donors (Lipinski definition) is 1. The van der Waals surface area contributed by atoms with Gasteiger partial charge in [-0.25, -0.2) is 0 Å². The molecule has 3 heteroatoms. The molecule has 0 aliphatic heterocycles. The number of H-pyrrole nitrogens is 1. The number of ether oxygens (including phenoxy) is 1. The van der Waals surface area contributed by atoms with Gasteiger partial charge in [0.2, 0.25) is 0 Å². The second-order valence-electron chi connectivity index (χ2n) is 5.49. The topological polar surface area (TPSA) is 42.1 Å². The van der Waals surface area contributed by atoms with Gasteiger partial charge in [-0.15, -0.1) is 0 Å². The molecule has 1 N–H and O–H groups in total. The highest BCUT2D eigenvalue weighted by Crippen LogP contribution is 2.16. The van der Waals surface area contributed by atoms with Crippen molar-refractivity contribution < 1.29 is 4.74 Å². The van der Waals surface area contributed by atoms with E-state index < -0.39 is 0 Å². The molecule has 3 nitrogen and oxygen atoms in total. The Morgan fingerprint density at radius 2 is 2.05 bits per heavy atom. The Hall–Kier alpha value is -2.05. The van der Waals surface area contributed by atoms with Gasteiger partial charge in [-0.1, -0.05) is 49.8 Å². The molecule has 1 unspecified atom stereocenters. The van der Waals surface area contributed by atoms with Crippen LogP contribution in [-0.2, 0) is 4.74 Å². The molecule has 2 aromatic rings. The Kier molecular flexibility index (Phi) is 5.80. The first-order chi connectivity index (χ1) is 10.7. The molecule has 0 spiro atoms. The first kappa shape index (κ1) is 16.3. The van der Waals surface area contributed by atoms with Crippen LogP contribution < -0.4 is 5.56 Å². The number of methoxy groups -OCH3 is 1. The Balaban J connectivity index is 2.31. The number of unbranched alkanes of at least 4 members (excludes halogenated alkanes) is 2. The van der Waals surface area contributed by atoms with Crippen LogP contribution in [0.25, 0.3) is 10.9 Å². The average Bonchev–Trinajstić information content (AvgIpc) is 2.53. The van der Waals surface area contributed by atoms with Crippen molar-refractivity contribution in [3.8, 4) is 11.8 Å². The van der Waals surface area contributed by atoms with Crippen LogP contribution in [0.2, 0.25) is 0 Å². The largest absolute Gasteiger partial charge is 0.369 e. The Labute approximate surface area is 131 Å². The summed E-state index contributed by atoms with van der Waals surface area (Å²) >= 11 is 0. The minimum atomic E-state index is -0.132. The summed E-state index contributed by atoms with van der Waals surface area (Å²) in [6.45, 7) is 4.12. The van der Waals surface area contributed by atoms with Gasteiger partial charge in [0.1, 0.15) is 6.10 Å². The summed E-state index contributed by atoms with van der Waals surface area (Å²) in [6, 6.07) is 7.79. The van der Waals surface area contributed by atoms with E-state index in [4.69, 9.17) is 4.74 Å². The number of aryl methyl sites for hydroxylation is 1. The van der Waals surface area contributed by atoms with Crippen LogP contribution in [0.15, 0.2) is 29.1 Å². The van der Waals surface area contributed by atoms with Crippen LogP contribution in [0.3, 0.4) is 0 Å². The highest BCUT2D eigenvalue weighted by Gasteiger charge is 2.07. The van der Waals surface area contributed by atoms with Gasteiger partial charge in [0.15, 0.2) is 0 Å². The number of aromatic nitrogens is 1. The van der Waals surface area contributed by atoms with Crippen LogP contribution in [0, 0.1) is 18.8 Å². The molecule has 1 atom stereocenters. The number of pyridine rings is 1. The molecule has 116 valence electrons. The maximum Gasteiger partial charge on any atom is 0.264 e. The van der Waals surface area contributed by atoms with Crippen molar-refractivity contribution in [2.75, 3.05) is 7.11 Å². The summed E-state index contributed by atoms with van der Waals surface area (Å²) in [5.41, 5.74) is 2.18. The molecule has 1 aromatic carbocycles. The van der Waals surface area contributed by atoms with Crippen LogP contribution in [0.1, 0.15) is 43.7 Å². The summed E-state index contributed by atoms with van der Waals surface area (Å²) < 4.78 is 5.40. The van der Waals surface area contributed by atoms with E-state index in [1.807, 2.05) is 31.2 Å². The van der Waals surface area contributed by atoms with Crippen LogP contribution in [-0.4, -0.2) is 18.2 Å². The molecule has 1 aromatic heterocycles. The predicted octanol–water partition coefficient (Wildman–Crippen LogP) is 3.78. The smallest absolute Gasteiger partial charge is 0.264 e. The van der Waals surface area contributed by atoms with E-state index in [0.717, 1.165) is 29.3 Å². The van der Waals surface area contributed by atoms with E-state index in [9.17, 15) is 4.79 Å². The number of fused-ring (bicyclic) bond motifs is 1. The first-order valence-corrected chi connectivity index (χ1v) is 7.83. The number of nitrogens with one attached hydrogen (secondary N) is 1. The lowest BCUT2D eigenvalue weighted by Crippen LogP contribution is -2.13. The number of benzene rings is 1. The molecule has 1 heterocycles. The van der Waals surface area contributed by atoms with Crippen LogP contribution in [0.4, 0.5) is 0 Å². The molecule has 22 heavy (non-hydrogen) atoms. The summed E-state index contributed by atoms with van der Waals surface area (Å²) in [5.74, 6) is 6.13. The number of hydrogen-bond acceptors (Lipinski definition) is 2. The summed E-state index contributed by atoms with van der Waals surface area (Å²) in [6.07, 6.45) is 4.24. The van der Waals surface area contributed by atoms with Crippen LogP contribution in [0.5, 0.6) is 0 Å². The van der Waals surface area contributed by atoms with E-state index in [1.54, 1.807) is 7.11 Å².